The number of hydrogen-bond acceptors (Lipinski definition) is 6. The van der Waals surface area contributed by atoms with E-state index in [0.717, 1.165) is 0 Å². The molecule has 1 aromatic heterocycles. The van der Waals surface area contributed by atoms with Gasteiger partial charge in [-0.1, -0.05) is 6.92 Å². The zero-order valence-corrected chi connectivity index (χ0v) is 11.9. The zero-order chi connectivity index (χ0) is 15.4. The van der Waals surface area contributed by atoms with Gasteiger partial charge in [-0.25, -0.2) is 4.79 Å². The van der Waals surface area contributed by atoms with Gasteiger partial charge in [-0.05, 0) is 13.0 Å². The molecule has 0 spiro atoms. The van der Waals surface area contributed by atoms with Crippen LogP contribution in [0.1, 0.15) is 31.7 Å². The first-order valence-corrected chi connectivity index (χ1v) is 6.63. The van der Waals surface area contributed by atoms with Gasteiger partial charge in [-0.15, -0.1) is 0 Å². The van der Waals surface area contributed by atoms with Gasteiger partial charge in [-0.2, -0.15) is 5.26 Å². The summed E-state index contributed by atoms with van der Waals surface area (Å²) in [6.07, 6.45) is 3.42. The number of carbonyl (C=O) groups excluding carboxylic acids is 1. The monoisotopic (exact) mass is 288 g/mol. The van der Waals surface area contributed by atoms with Crippen LogP contribution in [0.15, 0.2) is 45.8 Å². The molecule has 0 bridgehead atoms. The first-order valence-electron chi connectivity index (χ1n) is 6.63. The van der Waals surface area contributed by atoms with Gasteiger partial charge in [0.2, 0.25) is 5.88 Å². The summed E-state index contributed by atoms with van der Waals surface area (Å²) in [5, 5.41) is 9.35. The van der Waals surface area contributed by atoms with Gasteiger partial charge in [-0.3, -0.25) is 0 Å². The van der Waals surface area contributed by atoms with Gasteiger partial charge in [0.15, 0.2) is 0 Å². The van der Waals surface area contributed by atoms with Gasteiger partial charge in [0.1, 0.15) is 17.4 Å². The SMILES string of the molecule is CCOC(=O)C1=C(CC)OC(N)=C(C#N)C1c1ccoc1. The van der Waals surface area contributed by atoms with Gasteiger partial charge in [0.25, 0.3) is 0 Å². The third-order valence-electron chi connectivity index (χ3n) is 3.19. The van der Waals surface area contributed by atoms with Gasteiger partial charge >= 0.3 is 5.97 Å². The number of ether oxygens (including phenoxy) is 2. The Kier molecular flexibility index (Phi) is 4.33. The Morgan fingerprint density at radius 2 is 2.29 bits per heavy atom. The Morgan fingerprint density at radius 3 is 2.81 bits per heavy atom. The third-order valence-corrected chi connectivity index (χ3v) is 3.19. The number of carbonyl (C=O) groups is 1. The van der Waals surface area contributed by atoms with E-state index in [2.05, 4.69) is 0 Å². The number of hydrogen-bond donors (Lipinski definition) is 1. The fraction of sp³-hybridized carbons (Fsp3) is 0.333. The van der Waals surface area contributed by atoms with E-state index in [1.807, 2.05) is 13.0 Å². The Bertz CT molecular complexity index is 635. The van der Waals surface area contributed by atoms with Crippen LogP contribution in [0.4, 0.5) is 0 Å². The van der Waals surface area contributed by atoms with Crippen molar-refractivity contribution in [2.45, 2.75) is 26.2 Å². The largest absolute Gasteiger partial charge is 0.472 e. The number of esters is 1. The minimum absolute atomic E-state index is 0.00796. The lowest BCUT2D eigenvalue weighted by molar-refractivity contribution is -0.139. The lowest BCUT2D eigenvalue weighted by Crippen LogP contribution is -2.26. The van der Waals surface area contributed by atoms with E-state index in [9.17, 15) is 10.1 Å². The number of nitrogens with two attached hydrogens (primary N) is 1. The number of nitriles is 1. The summed E-state index contributed by atoms with van der Waals surface area (Å²) >= 11 is 0. The molecular formula is C15H16N2O4. The van der Waals surface area contributed by atoms with Crippen LogP contribution in [-0.4, -0.2) is 12.6 Å². The molecule has 1 unspecified atom stereocenters. The molecule has 0 saturated carbocycles. The number of furan rings is 1. The smallest absolute Gasteiger partial charge is 0.338 e. The average molecular weight is 288 g/mol. The molecule has 0 amide bonds. The van der Waals surface area contributed by atoms with Crippen LogP contribution in [0.3, 0.4) is 0 Å². The lowest BCUT2D eigenvalue weighted by Gasteiger charge is -2.26. The highest BCUT2D eigenvalue weighted by Crippen LogP contribution is 2.40. The molecule has 2 rings (SSSR count). The average Bonchev–Trinajstić information content (AvgIpc) is 2.99. The Labute approximate surface area is 122 Å². The summed E-state index contributed by atoms with van der Waals surface area (Å²) in [7, 11) is 0. The topological polar surface area (TPSA) is 98.5 Å². The quantitative estimate of drug-likeness (QED) is 0.854. The highest BCUT2D eigenvalue weighted by atomic mass is 16.5. The highest BCUT2D eigenvalue weighted by Gasteiger charge is 2.37. The Hall–Kier alpha value is -2.68. The van der Waals surface area contributed by atoms with Crippen LogP contribution >= 0.6 is 0 Å². The molecule has 1 aliphatic rings. The first-order chi connectivity index (χ1) is 10.1. The summed E-state index contributed by atoms with van der Waals surface area (Å²) in [5.74, 6) is -0.720. The third kappa shape index (κ3) is 2.63. The van der Waals surface area contributed by atoms with E-state index in [-0.39, 0.29) is 18.1 Å². The second kappa shape index (κ2) is 6.18. The predicted octanol–water partition coefficient (Wildman–Crippen LogP) is 2.31. The van der Waals surface area contributed by atoms with Crippen LogP contribution < -0.4 is 5.73 Å². The molecule has 1 atom stereocenters. The molecule has 0 saturated heterocycles. The molecule has 2 heterocycles. The van der Waals surface area contributed by atoms with Crippen molar-refractivity contribution in [3.05, 3.63) is 46.9 Å². The van der Waals surface area contributed by atoms with Crippen LogP contribution in [0.5, 0.6) is 0 Å². The van der Waals surface area contributed by atoms with Crippen molar-refractivity contribution in [3.8, 4) is 6.07 Å². The number of allylic oxidation sites excluding steroid dienone is 2. The minimum atomic E-state index is -0.628. The van der Waals surface area contributed by atoms with E-state index in [0.29, 0.717) is 23.3 Å². The predicted molar refractivity (Wildman–Crippen MR) is 73.3 cm³/mol. The molecule has 6 nitrogen and oxygen atoms in total. The van der Waals surface area contributed by atoms with Crippen molar-refractivity contribution >= 4 is 5.97 Å². The maximum Gasteiger partial charge on any atom is 0.338 e. The molecule has 0 aliphatic carbocycles. The van der Waals surface area contributed by atoms with E-state index in [1.165, 1.54) is 12.5 Å². The van der Waals surface area contributed by atoms with Gasteiger partial charge in [0, 0.05) is 12.0 Å². The summed E-state index contributed by atoms with van der Waals surface area (Å²) < 4.78 is 15.6. The van der Waals surface area contributed by atoms with Crippen molar-refractivity contribution in [3.63, 3.8) is 0 Å². The van der Waals surface area contributed by atoms with Gasteiger partial charge in [0.05, 0.1) is 30.6 Å². The van der Waals surface area contributed by atoms with E-state index >= 15 is 0 Å². The standard InChI is InChI=1S/C15H16N2O4/c1-3-11-13(15(18)20-4-2)12(9-5-6-19-8-9)10(7-16)14(17)21-11/h5-6,8,12H,3-4,17H2,1-2H3. The summed E-state index contributed by atoms with van der Waals surface area (Å²) in [4.78, 5) is 12.3. The van der Waals surface area contributed by atoms with Crippen LogP contribution in [-0.2, 0) is 14.3 Å². The fourth-order valence-electron chi connectivity index (χ4n) is 2.29. The summed E-state index contributed by atoms with van der Waals surface area (Å²) in [6, 6.07) is 3.70. The van der Waals surface area contributed by atoms with E-state index in [4.69, 9.17) is 19.6 Å². The zero-order valence-electron chi connectivity index (χ0n) is 11.9. The minimum Gasteiger partial charge on any atom is -0.472 e. The second-order valence-corrected chi connectivity index (χ2v) is 4.39. The molecule has 1 aromatic rings. The molecule has 6 heteroatoms. The molecule has 0 aromatic carbocycles. The molecule has 0 radical (unpaired) electrons. The van der Waals surface area contributed by atoms with Crippen LogP contribution in [0, 0.1) is 11.3 Å². The van der Waals surface area contributed by atoms with Crippen molar-refractivity contribution < 1.29 is 18.7 Å². The molecule has 2 N–H and O–H groups in total. The van der Waals surface area contributed by atoms with Crippen LogP contribution in [0.2, 0.25) is 0 Å². The van der Waals surface area contributed by atoms with Gasteiger partial charge < -0.3 is 19.6 Å². The molecule has 110 valence electrons. The Morgan fingerprint density at radius 1 is 1.52 bits per heavy atom. The number of nitrogens with zero attached hydrogens (tertiary/aromatic N) is 1. The van der Waals surface area contributed by atoms with E-state index in [1.54, 1.807) is 13.0 Å². The highest BCUT2D eigenvalue weighted by molar-refractivity contribution is 5.92. The normalized spacial score (nSPS) is 18.2. The van der Waals surface area contributed by atoms with Crippen molar-refractivity contribution in [2.24, 2.45) is 5.73 Å². The summed E-state index contributed by atoms with van der Waals surface area (Å²) in [6.45, 7) is 3.79. The fourth-order valence-corrected chi connectivity index (χ4v) is 2.29. The molecule has 0 fully saturated rings. The van der Waals surface area contributed by atoms with E-state index < -0.39 is 11.9 Å². The molecular weight excluding hydrogens is 272 g/mol. The van der Waals surface area contributed by atoms with Crippen molar-refractivity contribution in [2.75, 3.05) is 6.61 Å². The maximum absolute atomic E-state index is 12.3. The second-order valence-electron chi connectivity index (χ2n) is 4.39. The Balaban J connectivity index is 2.59. The lowest BCUT2D eigenvalue weighted by atomic mass is 9.84. The first kappa shape index (κ1) is 14.7. The molecule has 21 heavy (non-hydrogen) atoms. The summed E-state index contributed by atoms with van der Waals surface area (Å²) in [5.41, 5.74) is 6.94. The maximum atomic E-state index is 12.3. The number of rotatable bonds is 4. The van der Waals surface area contributed by atoms with Crippen molar-refractivity contribution in [1.29, 1.82) is 5.26 Å². The van der Waals surface area contributed by atoms with Crippen molar-refractivity contribution in [1.82, 2.24) is 0 Å². The van der Waals surface area contributed by atoms with Crippen LogP contribution in [0.25, 0.3) is 0 Å². The molecule has 1 aliphatic heterocycles.